The highest BCUT2D eigenvalue weighted by molar-refractivity contribution is 6.42. The van der Waals surface area contributed by atoms with Gasteiger partial charge in [0.25, 0.3) is 0 Å². The number of rotatable bonds is 2. The standard InChI is InChI=1S/C12H8Cl3NO/c1-17-8-5-9(12(15)16-6-8)7-2-3-10(13)11(14)4-7/h2-6H,1H3. The second-order valence-corrected chi connectivity index (χ2v) is 4.51. The van der Waals surface area contributed by atoms with Gasteiger partial charge in [0.05, 0.1) is 23.4 Å². The van der Waals surface area contributed by atoms with Crippen LogP contribution < -0.4 is 4.74 Å². The second-order valence-electron chi connectivity index (χ2n) is 3.34. The normalized spacial score (nSPS) is 10.4. The third-order valence-corrected chi connectivity index (χ3v) is 3.32. The summed E-state index contributed by atoms with van der Waals surface area (Å²) in [4.78, 5) is 4.04. The molecule has 5 heteroatoms. The van der Waals surface area contributed by atoms with E-state index in [1.54, 1.807) is 31.5 Å². The molecule has 88 valence electrons. The maximum Gasteiger partial charge on any atom is 0.137 e. The Morgan fingerprint density at radius 2 is 1.82 bits per heavy atom. The molecule has 0 saturated heterocycles. The van der Waals surface area contributed by atoms with Crippen LogP contribution in [0.3, 0.4) is 0 Å². The second kappa shape index (κ2) is 5.13. The van der Waals surface area contributed by atoms with E-state index in [0.717, 1.165) is 11.1 Å². The molecule has 0 radical (unpaired) electrons. The van der Waals surface area contributed by atoms with Crippen LogP contribution in [0.2, 0.25) is 15.2 Å². The highest BCUT2D eigenvalue weighted by Crippen LogP contribution is 2.33. The molecule has 2 aromatic rings. The fourth-order valence-corrected chi connectivity index (χ4v) is 1.92. The van der Waals surface area contributed by atoms with Gasteiger partial charge in [-0.1, -0.05) is 40.9 Å². The van der Waals surface area contributed by atoms with Gasteiger partial charge in [-0.25, -0.2) is 4.98 Å². The summed E-state index contributed by atoms with van der Waals surface area (Å²) in [6, 6.07) is 7.09. The summed E-state index contributed by atoms with van der Waals surface area (Å²) >= 11 is 17.9. The summed E-state index contributed by atoms with van der Waals surface area (Å²) in [5.74, 6) is 0.635. The SMILES string of the molecule is COc1cnc(Cl)c(-c2ccc(Cl)c(Cl)c2)c1. The molecule has 2 nitrogen and oxygen atoms in total. The molecule has 0 aliphatic rings. The quantitative estimate of drug-likeness (QED) is 0.746. The molecule has 1 aromatic heterocycles. The molecule has 17 heavy (non-hydrogen) atoms. The summed E-state index contributed by atoms with van der Waals surface area (Å²) in [6.45, 7) is 0. The Morgan fingerprint density at radius 1 is 1.06 bits per heavy atom. The van der Waals surface area contributed by atoms with Gasteiger partial charge in [0, 0.05) is 5.56 Å². The number of methoxy groups -OCH3 is 1. The van der Waals surface area contributed by atoms with E-state index in [1.807, 2.05) is 6.07 Å². The lowest BCUT2D eigenvalue weighted by Crippen LogP contribution is -1.88. The Balaban J connectivity index is 2.55. The van der Waals surface area contributed by atoms with Gasteiger partial charge in [-0.3, -0.25) is 0 Å². The maximum absolute atomic E-state index is 6.04. The van der Waals surface area contributed by atoms with Crippen molar-refractivity contribution in [2.24, 2.45) is 0 Å². The zero-order valence-electron chi connectivity index (χ0n) is 8.88. The van der Waals surface area contributed by atoms with Crippen LogP contribution in [0.15, 0.2) is 30.5 Å². The van der Waals surface area contributed by atoms with E-state index in [4.69, 9.17) is 39.5 Å². The topological polar surface area (TPSA) is 22.1 Å². The summed E-state index contributed by atoms with van der Waals surface area (Å²) in [5, 5.41) is 1.37. The average Bonchev–Trinajstić information content (AvgIpc) is 2.33. The van der Waals surface area contributed by atoms with Gasteiger partial charge >= 0.3 is 0 Å². The van der Waals surface area contributed by atoms with Crippen molar-refractivity contribution in [3.63, 3.8) is 0 Å². The maximum atomic E-state index is 6.04. The third kappa shape index (κ3) is 2.65. The van der Waals surface area contributed by atoms with Crippen molar-refractivity contribution < 1.29 is 4.74 Å². The molecule has 0 amide bonds. The molecule has 0 unspecified atom stereocenters. The van der Waals surface area contributed by atoms with Gasteiger partial charge in [0.2, 0.25) is 0 Å². The number of benzene rings is 1. The molecule has 1 heterocycles. The average molecular weight is 289 g/mol. The molecule has 0 bridgehead atoms. The van der Waals surface area contributed by atoms with Crippen LogP contribution in [-0.4, -0.2) is 12.1 Å². The van der Waals surface area contributed by atoms with Gasteiger partial charge in [0.15, 0.2) is 0 Å². The number of hydrogen-bond acceptors (Lipinski definition) is 2. The fourth-order valence-electron chi connectivity index (χ4n) is 1.41. The molecule has 0 saturated carbocycles. The van der Waals surface area contributed by atoms with Crippen LogP contribution in [-0.2, 0) is 0 Å². The fraction of sp³-hybridized carbons (Fsp3) is 0.0833. The monoisotopic (exact) mass is 287 g/mol. The Hall–Kier alpha value is -0.960. The molecule has 0 N–H and O–H groups in total. The lowest BCUT2D eigenvalue weighted by Gasteiger charge is -2.07. The predicted molar refractivity (Wildman–Crippen MR) is 71.3 cm³/mol. The number of aromatic nitrogens is 1. The molecule has 0 aliphatic heterocycles. The van der Waals surface area contributed by atoms with E-state index in [1.165, 1.54) is 0 Å². The summed E-state index contributed by atoms with van der Waals surface area (Å²) in [6.07, 6.45) is 1.56. The number of nitrogens with zero attached hydrogens (tertiary/aromatic N) is 1. The van der Waals surface area contributed by atoms with Gasteiger partial charge in [-0.2, -0.15) is 0 Å². The van der Waals surface area contributed by atoms with Gasteiger partial charge in [-0.15, -0.1) is 0 Å². The first kappa shape index (κ1) is 12.5. The number of hydrogen-bond donors (Lipinski definition) is 0. The molecule has 0 fully saturated rings. The molecular formula is C12H8Cl3NO. The van der Waals surface area contributed by atoms with E-state index in [2.05, 4.69) is 4.98 Å². The van der Waals surface area contributed by atoms with Gasteiger partial charge in [-0.05, 0) is 23.8 Å². The van der Waals surface area contributed by atoms with Crippen molar-refractivity contribution in [2.45, 2.75) is 0 Å². The first-order valence-corrected chi connectivity index (χ1v) is 5.90. The Bertz CT molecular complexity index is 557. The Labute approximate surface area is 114 Å². The zero-order valence-corrected chi connectivity index (χ0v) is 11.1. The minimum absolute atomic E-state index is 0.393. The van der Waals surface area contributed by atoms with E-state index in [0.29, 0.717) is 20.9 Å². The van der Waals surface area contributed by atoms with Crippen molar-refractivity contribution in [1.82, 2.24) is 4.98 Å². The highest BCUT2D eigenvalue weighted by Gasteiger charge is 2.08. The number of ether oxygens (including phenoxy) is 1. The van der Waals surface area contributed by atoms with Crippen LogP contribution in [0, 0.1) is 0 Å². The van der Waals surface area contributed by atoms with Crippen LogP contribution >= 0.6 is 34.8 Å². The molecule has 2 rings (SSSR count). The first-order valence-electron chi connectivity index (χ1n) is 4.77. The number of halogens is 3. The smallest absolute Gasteiger partial charge is 0.137 e. The van der Waals surface area contributed by atoms with Gasteiger partial charge in [0.1, 0.15) is 10.9 Å². The molecule has 0 atom stereocenters. The summed E-state index contributed by atoms with van der Waals surface area (Å²) in [5.41, 5.74) is 1.60. The van der Waals surface area contributed by atoms with Crippen molar-refractivity contribution in [1.29, 1.82) is 0 Å². The molecular weight excluding hydrogens is 280 g/mol. The minimum atomic E-state index is 0.393. The van der Waals surface area contributed by atoms with Crippen molar-refractivity contribution in [2.75, 3.05) is 7.11 Å². The van der Waals surface area contributed by atoms with E-state index in [9.17, 15) is 0 Å². The Kier molecular flexibility index (Phi) is 3.77. The van der Waals surface area contributed by atoms with Crippen LogP contribution in [0.1, 0.15) is 0 Å². The largest absolute Gasteiger partial charge is 0.495 e. The zero-order chi connectivity index (χ0) is 12.4. The van der Waals surface area contributed by atoms with Crippen LogP contribution in [0.25, 0.3) is 11.1 Å². The van der Waals surface area contributed by atoms with Gasteiger partial charge < -0.3 is 4.74 Å². The van der Waals surface area contributed by atoms with Crippen LogP contribution in [0.4, 0.5) is 0 Å². The molecule has 0 aliphatic carbocycles. The van der Waals surface area contributed by atoms with Crippen molar-refractivity contribution in [3.8, 4) is 16.9 Å². The molecule has 0 spiro atoms. The predicted octanol–water partition coefficient (Wildman–Crippen LogP) is 4.72. The lowest BCUT2D eigenvalue weighted by molar-refractivity contribution is 0.413. The van der Waals surface area contributed by atoms with E-state index >= 15 is 0 Å². The highest BCUT2D eigenvalue weighted by atomic mass is 35.5. The molecule has 1 aromatic carbocycles. The first-order chi connectivity index (χ1) is 8.11. The summed E-state index contributed by atoms with van der Waals surface area (Å²) in [7, 11) is 1.57. The Morgan fingerprint density at radius 3 is 2.47 bits per heavy atom. The van der Waals surface area contributed by atoms with Crippen LogP contribution in [0.5, 0.6) is 5.75 Å². The minimum Gasteiger partial charge on any atom is -0.495 e. The van der Waals surface area contributed by atoms with Crippen molar-refractivity contribution >= 4 is 34.8 Å². The van der Waals surface area contributed by atoms with Crippen molar-refractivity contribution in [3.05, 3.63) is 45.7 Å². The number of pyridine rings is 1. The van der Waals surface area contributed by atoms with E-state index in [-0.39, 0.29) is 0 Å². The lowest BCUT2D eigenvalue weighted by atomic mass is 10.1. The summed E-state index contributed by atoms with van der Waals surface area (Å²) < 4.78 is 5.11. The van der Waals surface area contributed by atoms with E-state index < -0.39 is 0 Å². The third-order valence-electron chi connectivity index (χ3n) is 2.28.